The van der Waals surface area contributed by atoms with Gasteiger partial charge in [0.25, 0.3) is 0 Å². The number of ketones is 1. The number of hydrogen-bond acceptors (Lipinski definition) is 3. The quantitative estimate of drug-likeness (QED) is 0.696. The molecule has 3 nitrogen and oxygen atoms in total. The van der Waals surface area contributed by atoms with Gasteiger partial charge in [-0.05, 0) is 44.1 Å². The molecule has 19 heavy (non-hydrogen) atoms. The van der Waals surface area contributed by atoms with Gasteiger partial charge >= 0.3 is 0 Å². The Bertz CT molecular complexity index is 288. The van der Waals surface area contributed by atoms with Gasteiger partial charge in [-0.15, -0.1) is 0 Å². The van der Waals surface area contributed by atoms with Gasteiger partial charge in [-0.2, -0.15) is 0 Å². The lowest BCUT2D eigenvalue weighted by Crippen LogP contribution is -2.48. The van der Waals surface area contributed by atoms with E-state index in [1.165, 1.54) is 25.7 Å². The van der Waals surface area contributed by atoms with E-state index in [1.807, 2.05) is 14.0 Å². The van der Waals surface area contributed by atoms with Crippen LogP contribution in [0, 0.1) is 17.3 Å². The molecule has 1 fully saturated rings. The Balaban J connectivity index is 2.69. The second-order valence-corrected chi connectivity index (χ2v) is 6.83. The lowest BCUT2D eigenvalue weighted by atomic mass is 9.66. The van der Waals surface area contributed by atoms with E-state index in [9.17, 15) is 4.79 Å². The van der Waals surface area contributed by atoms with Crippen molar-refractivity contribution in [2.45, 2.75) is 72.3 Å². The fourth-order valence-electron chi connectivity index (χ4n) is 3.25. The lowest BCUT2D eigenvalue weighted by Gasteiger charge is -2.40. The van der Waals surface area contributed by atoms with Gasteiger partial charge in [0, 0.05) is 5.92 Å². The van der Waals surface area contributed by atoms with Crippen molar-refractivity contribution < 1.29 is 4.79 Å². The molecule has 112 valence electrons. The molecule has 1 rings (SSSR count). The minimum absolute atomic E-state index is 0.0395. The predicted molar refractivity (Wildman–Crippen MR) is 80.8 cm³/mol. The number of carbonyl (C=O) groups excluding carboxylic acids is 1. The van der Waals surface area contributed by atoms with Crippen LogP contribution in [0.15, 0.2) is 0 Å². The minimum Gasteiger partial charge on any atom is -0.298 e. The Morgan fingerprint density at radius 2 is 2.05 bits per heavy atom. The number of nitrogens with one attached hydrogen (secondary N) is 2. The lowest BCUT2D eigenvalue weighted by molar-refractivity contribution is -0.125. The Kier molecular flexibility index (Phi) is 6.48. The molecule has 0 radical (unpaired) electrons. The maximum atomic E-state index is 12.4. The Morgan fingerprint density at radius 3 is 2.58 bits per heavy atom. The monoisotopic (exact) mass is 268 g/mol. The molecule has 0 aromatic heterocycles. The normalized spacial score (nSPS) is 25.8. The third-order valence-corrected chi connectivity index (χ3v) is 5.01. The number of rotatable bonds is 7. The molecule has 0 amide bonds. The fourth-order valence-corrected chi connectivity index (χ4v) is 3.25. The summed E-state index contributed by atoms with van der Waals surface area (Å²) < 4.78 is 0. The van der Waals surface area contributed by atoms with Crippen molar-refractivity contribution in [2.24, 2.45) is 17.3 Å². The minimum atomic E-state index is -0.0395. The first-order valence-electron chi connectivity index (χ1n) is 7.88. The number of hydrazine groups is 1. The summed E-state index contributed by atoms with van der Waals surface area (Å²) in [5.41, 5.74) is 6.53. The second-order valence-electron chi connectivity index (χ2n) is 6.83. The fraction of sp³-hybridized carbons (Fsp3) is 0.938. The molecule has 2 N–H and O–H groups in total. The first-order valence-corrected chi connectivity index (χ1v) is 7.88. The Labute approximate surface area is 118 Å². The van der Waals surface area contributed by atoms with Crippen LogP contribution < -0.4 is 10.9 Å². The van der Waals surface area contributed by atoms with Gasteiger partial charge in [0.05, 0.1) is 6.04 Å². The van der Waals surface area contributed by atoms with Crippen molar-refractivity contribution in [3.05, 3.63) is 0 Å². The van der Waals surface area contributed by atoms with E-state index in [4.69, 9.17) is 0 Å². The van der Waals surface area contributed by atoms with Crippen molar-refractivity contribution >= 4 is 5.78 Å². The van der Waals surface area contributed by atoms with Crippen LogP contribution in [0.5, 0.6) is 0 Å². The summed E-state index contributed by atoms with van der Waals surface area (Å²) in [5.74, 6) is 1.16. The van der Waals surface area contributed by atoms with Gasteiger partial charge in [0.15, 0.2) is 5.78 Å². The van der Waals surface area contributed by atoms with Gasteiger partial charge in [0.1, 0.15) is 0 Å². The van der Waals surface area contributed by atoms with Crippen LogP contribution in [0.25, 0.3) is 0 Å². The summed E-state index contributed by atoms with van der Waals surface area (Å²) in [6, 6.07) is -0.0395. The van der Waals surface area contributed by atoms with Crippen LogP contribution in [0.4, 0.5) is 0 Å². The van der Waals surface area contributed by atoms with Gasteiger partial charge in [-0.1, -0.05) is 40.5 Å². The number of hydrogen-bond donors (Lipinski definition) is 2. The van der Waals surface area contributed by atoms with Crippen molar-refractivity contribution in [3.8, 4) is 0 Å². The molecule has 0 aliphatic heterocycles. The highest BCUT2D eigenvalue weighted by atomic mass is 16.1. The summed E-state index contributed by atoms with van der Waals surface area (Å²) in [6.07, 6.45) is 7.11. The maximum Gasteiger partial charge on any atom is 0.153 e. The highest BCUT2D eigenvalue weighted by molar-refractivity contribution is 5.85. The van der Waals surface area contributed by atoms with Crippen LogP contribution >= 0.6 is 0 Å². The molecule has 0 saturated heterocycles. The van der Waals surface area contributed by atoms with Gasteiger partial charge < -0.3 is 0 Å². The molecule has 1 aliphatic carbocycles. The topological polar surface area (TPSA) is 41.1 Å². The van der Waals surface area contributed by atoms with Crippen molar-refractivity contribution in [3.63, 3.8) is 0 Å². The number of Topliss-reactive ketones (excluding diaryl/α,β-unsaturated/α-hetero) is 1. The molecule has 3 atom stereocenters. The zero-order valence-electron chi connectivity index (χ0n) is 13.4. The van der Waals surface area contributed by atoms with Crippen LogP contribution in [0.2, 0.25) is 0 Å². The first-order chi connectivity index (χ1) is 8.92. The molecule has 1 saturated carbocycles. The second kappa shape index (κ2) is 7.39. The molecule has 0 heterocycles. The average molecular weight is 268 g/mol. The van der Waals surface area contributed by atoms with E-state index < -0.39 is 0 Å². The molecule has 0 spiro atoms. The van der Waals surface area contributed by atoms with E-state index >= 15 is 0 Å². The summed E-state index contributed by atoms with van der Waals surface area (Å²) in [6.45, 7) is 8.85. The summed E-state index contributed by atoms with van der Waals surface area (Å²) >= 11 is 0. The van der Waals surface area contributed by atoms with E-state index in [-0.39, 0.29) is 12.0 Å². The molecular formula is C16H32N2O. The van der Waals surface area contributed by atoms with Crippen LogP contribution in [0.3, 0.4) is 0 Å². The third kappa shape index (κ3) is 4.57. The molecule has 0 bridgehead atoms. The van der Waals surface area contributed by atoms with Crippen LogP contribution in [-0.4, -0.2) is 18.9 Å². The molecule has 0 aromatic carbocycles. The van der Waals surface area contributed by atoms with E-state index in [0.29, 0.717) is 17.1 Å². The maximum absolute atomic E-state index is 12.4. The average Bonchev–Trinajstić information content (AvgIpc) is 2.38. The third-order valence-electron chi connectivity index (χ3n) is 5.01. The summed E-state index contributed by atoms with van der Waals surface area (Å²) in [7, 11) is 1.85. The van der Waals surface area contributed by atoms with Gasteiger partial charge in [-0.25, -0.2) is 5.43 Å². The zero-order valence-corrected chi connectivity index (χ0v) is 13.4. The smallest absolute Gasteiger partial charge is 0.153 e. The summed E-state index contributed by atoms with van der Waals surface area (Å²) in [5, 5.41) is 0. The highest BCUT2D eigenvalue weighted by Gasteiger charge is 2.35. The predicted octanol–water partition coefficient (Wildman–Crippen LogP) is 3.30. The van der Waals surface area contributed by atoms with Crippen LogP contribution in [-0.2, 0) is 4.79 Å². The van der Waals surface area contributed by atoms with Crippen molar-refractivity contribution in [1.29, 1.82) is 0 Å². The molecular weight excluding hydrogens is 236 g/mol. The molecule has 3 heteroatoms. The van der Waals surface area contributed by atoms with Crippen molar-refractivity contribution in [2.75, 3.05) is 7.05 Å². The standard InChI is InChI=1S/C16H32N2O/c1-6-12(2)15(19)14(18-17-5)11-13-9-7-8-10-16(13,3)4/h12-14,17-18H,6-11H2,1-5H3. The molecule has 0 aromatic rings. The Hall–Kier alpha value is -0.410. The zero-order chi connectivity index (χ0) is 14.5. The van der Waals surface area contributed by atoms with E-state index in [0.717, 1.165) is 12.8 Å². The van der Waals surface area contributed by atoms with E-state index in [2.05, 4.69) is 31.6 Å². The first kappa shape index (κ1) is 16.6. The van der Waals surface area contributed by atoms with Gasteiger partial charge in [-0.3, -0.25) is 10.2 Å². The SMILES string of the molecule is CCC(C)C(=O)C(CC1CCCCC1(C)C)NNC. The molecule has 1 aliphatic rings. The largest absolute Gasteiger partial charge is 0.298 e. The van der Waals surface area contributed by atoms with Crippen LogP contribution in [0.1, 0.15) is 66.2 Å². The summed E-state index contributed by atoms with van der Waals surface area (Å²) in [4.78, 5) is 12.4. The van der Waals surface area contributed by atoms with Crippen molar-refractivity contribution in [1.82, 2.24) is 10.9 Å². The Morgan fingerprint density at radius 1 is 1.37 bits per heavy atom. The highest BCUT2D eigenvalue weighted by Crippen LogP contribution is 2.43. The van der Waals surface area contributed by atoms with Gasteiger partial charge in [0.2, 0.25) is 0 Å². The number of carbonyl (C=O) groups is 1. The van der Waals surface area contributed by atoms with E-state index in [1.54, 1.807) is 0 Å². The molecule has 3 unspecified atom stereocenters.